The smallest absolute Gasteiger partial charge is 0.331 e. The third-order valence-corrected chi connectivity index (χ3v) is 12.9. The van der Waals surface area contributed by atoms with Gasteiger partial charge in [-0.25, -0.2) is 23.3 Å². The van der Waals surface area contributed by atoms with Crippen LogP contribution in [0.5, 0.6) is 11.6 Å². The van der Waals surface area contributed by atoms with Crippen molar-refractivity contribution in [3.8, 4) is 23.0 Å². The Morgan fingerprint density at radius 1 is 0.955 bits per heavy atom. The van der Waals surface area contributed by atoms with Gasteiger partial charge in [0.25, 0.3) is 5.69 Å². The first-order valence-electron chi connectivity index (χ1n) is 21.1. The standard InChI is InChI=1S/C44H47N11O9S2/c1-24-18-25(2)39(26(3)19-24)63-44(59)36-37(45-6)43(55-41(36)48-40(51-55)29-10-8-7-9-11-29)61-23-62-53-14-16-54(17-15-53)64-66(60)31-12-13-33-32(22-31)42(65-52-33)50-49-30-20-34(46-27(4)56)38(58)35(21-30)47-28(5)57/h7-13,20-22,24-26,39,58H,14-19,23H2,1-5H3,(H,46,56)(H,47,57)(H,48,51). The van der Waals surface area contributed by atoms with Crippen molar-refractivity contribution in [3.05, 3.63) is 77.6 Å². The number of phenols is 1. The van der Waals surface area contributed by atoms with E-state index in [2.05, 4.69) is 56.0 Å². The van der Waals surface area contributed by atoms with Crippen molar-refractivity contribution in [1.29, 1.82) is 0 Å². The fraction of sp³-hybridized carbons (Fsp3) is 0.364. The fourth-order valence-corrected chi connectivity index (χ4v) is 9.84. The van der Waals surface area contributed by atoms with Crippen molar-refractivity contribution >= 4 is 84.7 Å². The quantitative estimate of drug-likeness (QED) is 0.0265. The average molecular weight is 938 g/mol. The third kappa shape index (κ3) is 10.1. The number of rotatable bonds is 14. The normalized spacial score (nSPS) is 19.8. The van der Waals surface area contributed by atoms with Crippen molar-refractivity contribution in [1.82, 2.24) is 29.1 Å². The SMILES string of the molecule is [C-]#[N+]c1c(C(=O)OC2C(C)CC(C)CC2C)c2nc(-c3ccccc3)[nH]n2c1OCON1CCN(OS(=O)c2ccc3nsc(N=Nc4cc(NC(C)=O)c(O)c(NC(C)=O)c4)c3c2)CC1. The maximum Gasteiger partial charge on any atom is 0.331 e. The number of carbonyl (C=O) groups is 3. The number of carbonyl (C=O) groups excluding carboxylic acids is 3. The van der Waals surface area contributed by atoms with Crippen LogP contribution in [0, 0.1) is 24.3 Å². The van der Waals surface area contributed by atoms with Crippen LogP contribution in [0.3, 0.4) is 0 Å². The topological polar surface area (TPSA) is 231 Å². The zero-order chi connectivity index (χ0) is 46.6. The lowest BCUT2D eigenvalue weighted by Gasteiger charge is -2.37. The number of nitrogens with zero attached hydrogens (tertiary/aromatic N) is 8. The molecule has 1 saturated carbocycles. The third-order valence-electron chi connectivity index (χ3n) is 11.2. The highest BCUT2D eigenvalue weighted by Gasteiger charge is 2.37. The first kappa shape index (κ1) is 45.9. The number of esters is 1. The summed E-state index contributed by atoms with van der Waals surface area (Å²) in [7, 11) is 0. The molecule has 3 atom stereocenters. The molecule has 20 nitrogen and oxygen atoms in total. The predicted octanol–water partition coefficient (Wildman–Crippen LogP) is 8.30. The fourth-order valence-electron chi connectivity index (χ4n) is 8.33. The van der Waals surface area contributed by atoms with E-state index >= 15 is 0 Å². The number of fused-ring (bicyclic) bond motifs is 2. The van der Waals surface area contributed by atoms with E-state index in [1.807, 2.05) is 30.3 Å². The molecule has 0 bridgehead atoms. The number of anilines is 2. The summed E-state index contributed by atoms with van der Waals surface area (Å²) in [5.41, 5.74) is 1.87. The van der Waals surface area contributed by atoms with E-state index in [9.17, 15) is 23.7 Å². The van der Waals surface area contributed by atoms with Crippen molar-refractivity contribution in [2.45, 2.75) is 58.5 Å². The molecule has 1 aliphatic carbocycles. The highest BCUT2D eigenvalue weighted by atomic mass is 32.2. The molecule has 66 heavy (non-hydrogen) atoms. The molecule has 1 saturated heterocycles. The van der Waals surface area contributed by atoms with E-state index in [4.69, 9.17) is 30.2 Å². The zero-order valence-electron chi connectivity index (χ0n) is 36.6. The molecule has 0 radical (unpaired) electrons. The molecule has 1 aliphatic heterocycles. The molecule has 0 spiro atoms. The number of phenolic OH excluding ortho intramolecular Hbond substituents is 1. The Morgan fingerprint density at radius 2 is 1.62 bits per heavy atom. The number of hydrogen-bond donors (Lipinski definition) is 4. The van der Waals surface area contributed by atoms with Gasteiger partial charge >= 0.3 is 5.97 Å². The number of piperazine rings is 1. The van der Waals surface area contributed by atoms with Crippen LogP contribution in [0.25, 0.3) is 32.8 Å². The molecule has 2 amide bonds. The molecule has 4 heterocycles. The second-order valence-electron chi connectivity index (χ2n) is 16.3. The number of ether oxygens (including phenoxy) is 2. The lowest BCUT2D eigenvalue weighted by molar-refractivity contribution is -0.234. The van der Waals surface area contributed by atoms with Gasteiger partial charge in [0.2, 0.25) is 35.6 Å². The maximum absolute atomic E-state index is 14.0. The number of hydrogen-bond acceptors (Lipinski definition) is 16. The number of nitrogens with one attached hydrogen (secondary N) is 3. The van der Waals surface area contributed by atoms with Gasteiger partial charge in [-0.3, -0.25) is 19.5 Å². The molecule has 344 valence electrons. The Labute approximate surface area is 385 Å². The lowest BCUT2D eigenvalue weighted by Crippen LogP contribution is -2.46. The van der Waals surface area contributed by atoms with E-state index < -0.39 is 28.9 Å². The minimum atomic E-state index is -1.91. The molecule has 22 heteroatoms. The van der Waals surface area contributed by atoms with Gasteiger partial charge in [0.1, 0.15) is 11.7 Å². The number of hydroxylamine groups is 4. The van der Waals surface area contributed by atoms with Crippen molar-refractivity contribution in [2.75, 3.05) is 43.6 Å². The van der Waals surface area contributed by atoms with Crippen molar-refractivity contribution in [3.63, 3.8) is 0 Å². The van der Waals surface area contributed by atoms with Crippen LogP contribution in [0.4, 0.5) is 27.8 Å². The van der Waals surface area contributed by atoms with E-state index in [-0.39, 0.29) is 70.3 Å². The van der Waals surface area contributed by atoms with Crippen LogP contribution in [-0.4, -0.2) is 95.3 Å². The van der Waals surface area contributed by atoms with Crippen molar-refractivity contribution < 1.29 is 42.3 Å². The van der Waals surface area contributed by atoms with Gasteiger partial charge in [-0.2, -0.15) is 18.8 Å². The Kier molecular flexibility index (Phi) is 13.8. The van der Waals surface area contributed by atoms with Gasteiger partial charge < -0.3 is 25.2 Å². The van der Waals surface area contributed by atoms with E-state index in [1.165, 1.54) is 30.5 Å². The number of azo groups is 1. The number of benzene rings is 3. The lowest BCUT2D eigenvalue weighted by atomic mass is 9.75. The summed E-state index contributed by atoms with van der Waals surface area (Å²) < 4.78 is 37.5. The Balaban J connectivity index is 0.904. The first-order valence-corrected chi connectivity index (χ1v) is 23.0. The summed E-state index contributed by atoms with van der Waals surface area (Å²) in [6.07, 6.45) is 1.57. The molecule has 8 rings (SSSR count). The molecule has 3 aromatic heterocycles. The predicted molar refractivity (Wildman–Crippen MR) is 245 cm³/mol. The zero-order valence-corrected chi connectivity index (χ0v) is 38.3. The second kappa shape index (κ2) is 19.9. The highest BCUT2D eigenvalue weighted by Crippen LogP contribution is 2.42. The number of H-pyrrole nitrogens is 1. The van der Waals surface area contributed by atoms with Crippen LogP contribution < -0.4 is 15.4 Å². The number of amides is 2. The van der Waals surface area contributed by atoms with Gasteiger partial charge in [0.15, 0.2) is 22.2 Å². The van der Waals surface area contributed by atoms with Gasteiger partial charge in [0, 0.05) is 51.0 Å². The van der Waals surface area contributed by atoms with Crippen LogP contribution >= 0.6 is 11.5 Å². The summed E-state index contributed by atoms with van der Waals surface area (Å²) in [5, 5.41) is 31.5. The molecular weight excluding hydrogens is 891 g/mol. The van der Waals surface area contributed by atoms with Crippen LogP contribution in [0.2, 0.25) is 0 Å². The second-order valence-corrected chi connectivity index (χ2v) is 18.2. The first-order chi connectivity index (χ1) is 31.8. The molecule has 2 fully saturated rings. The molecule has 3 unspecified atom stereocenters. The van der Waals surface area contributed by atoms with Gasteiger partial charge in [-0.05, 0) is 72.5 Å². The van der Waals surface area contributed by atoms with Gasteiger partial charge in [-0.15, -0.1) is 10.2 Å². The number of aromatic amines is 1. The summed E-state index contributed by atoms with van der Waals surface area (Å²) in [5.74, 6) is -0.458. The van der Waals surface area contributed by atoms with Crippen LogP contribution in [-0.2, 0) is 34.5 Å². The van der Waals surface area contributed by atoms with E-state index in [0.717, 1.165) is 29.9 Å². The maximum atomic E-state index is 14.0. The Bertz CT molecular complexity index is 2840. The van der Waals surface area contributed by atoms with Crippen LogP contribution in [0.15, 0.2) is 75.8 Å². The molecular formula is C44H47N11O9S2. The van der Waals surface area contributed by atoms with Gasteiger partial charge in [0.05, 0.1) is 34.0 Å². The van der Waals surface area contributed by atoms with E-state index in [1.54, 1.807) is 28.3 Å². The Hall–Kier alpha value is -6.61. The van der Waals surface area contributed by atoms with Gasteiger partial charge in [-0.1, -0.05) is 51.1 Å². The molecule has 6 aromatic rings. The largest absolute Gasteiger partial charge is 0.504 e. The minimum absolute atomic E-state index is 0.0241. The molecule has 4 N–H and O–H groups in total. The number of aromatic nitrogens is 4. The Morgan fingerprint density at radius 3 is 2.27 bits per heavy atom. The van der Waals surface area contributed by atoms with E-state index in [0.29, 0.717) is 58.7 Å². The van der Waals surface area contributed by atoms with Crippen molar-refractivity contribution in [2.24, 2.45) is 28.0 Å². The monoisotopic (exact) mass is 937 g/mol. The van der Waals surface area contributed by atoms with Crippen LogP contribution in [0.1, 0.15) is 57.8 Å². The molecule has 3 aromatic carbocycles. The summed E-state index contributed by atoms with van der Waals surface area (Å²) in [6.45, 7) is 18.1. The average Bonchev–Trinajstić information content (AvgIpc) is 3.98. The number of aromatic hydroxyl groups is 1. The highest BCUT2D eigenvalue weighted by molar-refractivity contribution is 7.80. The summed E-state index contributed by atoms with van der Waals surface area (Å²) >= 11 is -0.844. The molecule has 2 aliphatic rings. The minimum Gasteiger partial charge on any atom is -0.504 e. The summed E-state index contributed by atoms with van der Waals surface area (Å²) in [6, 6.07) is 17.2. The summed E-state index contributed by atoms with van der Waals surface area (Å²) in [4.78, 5) is 52.2.